The van der Waals surface area contributed by atoms with Gasteiger partial charge in [0.15, 0.2) is 10.7 Å². The zero-order valence-corrected chi connectivity index (χ0v) is 9.19. The molecule has 0 aliphatic heterocycles. The zero-order chi connectivity index (χ0) is 13.7. The number of aromatic carboxylic acids is 1. The lowest BCUT2D eigenvalue weighted by atomic mass is 10.1. The summed E-state index contributed by atoms with van der Waals surface area (Å²) >= 11 is 0.264. The van der Waals surface area contributed by atoms with E-state index in [1.807, 2.05) is 0 Å². The fourth-order valence-electron chi connectivity index (χ4n) is 1.48. The summed E-state index contributed by atoms with van der Waals surface area (Å²) in [6, 6.07) is 1.31. The van der Waals surface area contributed by atoms with Gasteiger partial charge in [-0.25, -0.2) is 9.18 Å². The first-order valence-corrected chi connectivity index (χ1v) is 5.29. The summed E-state index contributed by atoms with van der Waals surface area (Å²) in [5, 5.41) is 17.9. The highest BCUT2D eigenvalue weighted by Gasteiger charge is 2.35. The van der Waals surface area contributed by atoms with E-state index in [2.05, 4.69) is 0 Å². The summed E-state index contributed by atoms with van der Waals surface area (Å²) in [4.78, 5) is 10.1. The largest absolute Gasteiger partial charge is 0.505 e. The molecule has 0 amide bonds. The van der Waals surface area contributed by atoms with Gasteiger partial charge in [0.2, 0.25) is 0 Å². The van der Waals surface area contributed by atoms with E-state index in [0.29, 0.717) is 6.07 Å². The highest BCUT2D eigenvalue weighted by Crippen LogP contribution is 2.42. The number of benzene rings is 1. The van der Waals surface area contributed by atoms with Gasteiger partial charge in [-0.3, -0.25) is 0 Å². The van der Waals surface area contributed by atoms with Crippen molar-refractivity contribution in [1.82, 2.24) is 0 Å². The average Bonchev–Trinajstić information content (AvgIpc) is 2.56. The molecule has 2 aromatic rings. The van der Waals surface area contributed by atoms with Gasteiger partial charge in [0.05, 0.1) is 10.3 Å². The Morgan fingerprint density at radius 3 is 2.39 bits per heavy atom. The Balaban J connectivity index is 2.80. The van der Waals surface area contributed by atoms with Gasteiger partial charge in [-0.05, 0) is 12.1 Å². The standard InChI is InChI=1S/C10H4F4O3S/c11-5-4(10(12,13)14)2-1-3-6(15)8(9(16)17)18-7(3)5/h1-2,15H,(H,16,17). The molecule has 96 valence electrons. The van der Waals surface area contributed by atoms with E-state index >= 15 is 0 Å². The molecule has 0 aliphatic rings. The second-order valence-corrected chi connectivity index (χ2v) is 4.41. The summed E-state index contributed by atoms with van der Waals surface area (Å²) in [7, 11) is 0. The van der Waals surface area contributed by atoms with E-state index in [1.165, 1.54) is 0 Å². The molecule has 3 nitrogen and oxygen atoms in total. The Morgan fingerprint density at radius 1 is 1.28 bits per heavy atom. The van der Waals surface area contributed by atoms with Gasteiger partial charge in [0.25, 0.3) is 0 Å². The molecule has 0 fully saturated rings. The topological polar surface area (TPSA) is 57.5 Å². The predicted molar refractivity (Wildman–Crippen MR) is 55.4 cm³/mol. The molecule has 0 saturated heterocycles. The molecule has 2 N–H and O–H groups in total. The van der Waals surface area contributed by atoms with Crippen LogP contribution in [0.1, 0.15) is 15.2 Å². The summed E-state index contributed by atoms with van der Waals surface area (Å²) in [5.41, 5.74) is -1.49. The van der Waals surface area contributed by atoms with E-state index in [9.17, 15) is 27.5 Å². The van der Waals surface area contributed by atoms with Gasteiger partial charge in [-0.15, -0.1) is 11.3 Å². The second kappa shape index (κ2) is 3.84. The van der Waals surface area contributed by atoms with Crippen LogP contribution in [0.2, 0.25) is 0 Å². The SMILES string of the molecule is O=C(O)c1sc2c(F)c(C(F)(F)F)ccc2c1O. The third-order valence-electron chi connectivity index (χ3n) is 2.27. The average molecular weight is 280 g/mol. The van der Waals surface area contributed by atoms with E-state index in [0.717, 1.165) is 6.07 Å². The fourth-order valence-corrected chi connectivity index (χ4v) is 2.45. The highest BCUT2D eigenvalue weighted by molar-refractivity contribution is 7.21. The van der Waals surface area contributed by atoms with E-state index in [-0.39, 0.29) is 16.7 Å². The first-order valence-electron chi connectivity index (χ1n) is 4.48. The molecule has 1 aromatic heterocycles. The Labute approximate surface area is 101 Å². The minimum absolute atomic E-state index is 0.247. The van der Waals surface area contributed by atoms with Gasteiger partial charge in [-0.1, -0.05) is 0 Å². The normalized spacial score (nSPS) is 12.0. The van der Waals surface area contributed by atoms with Crippen LogP contribution in [0, 0.1) is 5.82 Å². The van der Waals surface area contributed by atoms with E-state index < -0.39 is 38.9 Å². The number of hydrogen-bond donors (Lipinski definition) is 2. The van der Waals surface area contributed by atoms with Crippen LogP contribution in [0.3, 0.4) is 0 Å². The molecule has 18 heavy (non-hydrogen) atoms. The van der Waals surface area contributed by atoms with Crippen LogP contribution < -0.4 is 0 Å². The van der Waals surface area contributed by atoms with Crippen LogP contribution in [0.15, 0.2) is 12.1 Å². The Morgan fingerprint density at radius 2 is 1.89 bits per heavy atom. The second-order valence-electron chi connectivity index (χ2n) is 3.39. The molecular formula is C10H4F4O3S. The van der Waals surface area contributed by atoms with Crippen LogP contribution in [0.25, 0.3) is 10.1 Å². The maximum atomic E-state index is 13.6. The predicted octanol–water partition coefficient (Wildman–Crippen LogP) is 3.46. The van der Waals surface area contributed by atoms with Gasteiger partial charge < -0.3 is 10.2 Å². The van der Waals surface area contributed by atoms with Crippen LogP contribution >= 0.6 is 11.3 Å². The molecule has 0 aliphatic carbocycles. The molecule has 0 bridgehead atoms. The summed E-state index contributed by atoms with van der Waals surface area (Å²) < 4.78 is 50.4. The first-order chi connectivity index (χ1) is 8.23. The maximum absolute atomic E-state index is 13.6. The summed E-state index contributed by atoms with van der Waals surface area (Å²) in [6.07, 6.45) is -4.87. The number of alkyl halides is 3. The minimum atomic E-state index is -4.87. The van der Waals surface area contributed by atoms with Crippen LogP contribution in [0.5, 0.6) is 5.75 Å². The monoisotopic (exact) mass is 280 g/mol. The van der Waals surface area contributed by atoms with Gasteiger partial charge in [0, 0.05) is 5.39 Å². The van der Waals surface area contributed by atoms with Crippen molar-refractivity contribution >= 4 is 27.4 Å². The number of aromatic hydroxyl groups is 1. The summed E-state index contributed by atoms with van der Waals surface area (Å²) in [5.74, 6) is -3.83. The molecule has 2 rings (SSSR count). The molecule has 1 heterocycles. The van der Waals surface area contributed by atoms with E-state index in [1.54, 1.807) is 0 Å². The molecule has 0 saturated carbocycles. The number of thiophene rings is 1. The highest BCUT2D eigenvalue weighted by atomic mass is 32.1. The van der Waals surface area contributed by atoms with Gasteiger partial charge >= 0.3 is 12.1 Å². The molecule has 0 atom stereocenters. The van der Waals surface area contributed by atoms with Crippen molar-refractivity contribution in [3.05, 3.63) is 28.4 Å². The van der Waals surface area contributed by atoms with Crippen molar-refractivity contribution < 1.29 is 32.6 Å². The summed E-state index contributed by atoms with van der Waals surface area (Å²) in [6.45, 7) is 0. The number of carboxylic acids is 1. The smallest absolute Gasteiger partial charge is 0.419 e. The minimum Gasteiger partial charge on any atom is -0.505 e. The van der Waals surface area contributed by atoms with Crippen molar-refractivity contribution in [1.29, 1.82) is 0 Å². The molecule has 0 radical (unpaired) electrons. The number of hydrogen-bond acceptors (Lipinski definition) is 3. The zero-order valence-electron chi connectivity index (χ0n) is 8.38. The van der Waals surface area contributed by atoms with Crippen LogP contribution in [-0.4, -0.2) is 16.2 Å². The van der Waals surface area contributed by atoms with Crippen molar-refractivity contribution in [3.63, 3.8) is 0 Å². The third-order valence-corrected chi connectivity index (χ3v) is 3.45. The van der Waals surface area contributed by atoms with E-state index in [4.69, 9.17) is 5.11 Å². The number of carboxylic acid groups (broad SMARTS) is 1. The molecule has 0 unspecified atom stereocenters. The fraction of sp³-hybridized carbons (Fsp3) is 0.100. The maximum Gasteiger partial charge on any atom is 0.419 e. The van der Waals surface area contributed by atoms with Gasteiger partial charge in [-0.2, -0.15) is 13.2 Å². The van der Waals surface area contributed by atoms with Crippen molar-refractivity contribution in [2.24, 2.45) is 0 Å². The Hall–Kier alpha value is -1.83. The number of rotatable bonds is 1. The number of halogens is 4. The van der Waals surface area contributed by atoms with Gasteiger partial charge in [0.1, 0.15) is 5.75 Å². The third kappa shape index (κ3) is 1.78. The Bertz CT molecular complexity index is 645. The molecule has 0 spiro atoms. The molecule has 8 heteroatoms. The lowest BCUT2D eigenvalue weighted by Crippen LogP contribution is -2.07. The lowest BCUT2D eigenvalue weighted by Gasteiger charge is -2.07. The lowest BCUT2D eigenvalue weighted by molar-refractivity contribution is -0.139. The van der Waals surface area contributed by atoms with Crippen molar-refractivity contribution in [2.75, 3.05) is 0 Å². The van der Waals surface area contributed by atoms with Crippen molar-refractivity contribution in [3.8, 4) is 5.75 Å². The quantitative estimate of drug-likeness (QED) is 0.786. The van der Waals surface area contributed by atoms with Crippen molar-refractivity contribution in [2.45, 2.75) is 6.18 Å². The van der Waals surface area contributed by atoms with Crippen LogP contribution in [-0.2, 0) is 6.18 Å². The number of carbonyl (C=O) groups is 1. The Kier molecular flexibility index (Phi) is 2.69. The molecular weight excluding hydrogens is 276 g/mol. The molecule has 1 aromatic carbocycles. The first kappa shape index (κ1) is 12.6. The number of fused-ring (bicyclic) bond motifs is 1. The van der Waals surface area contributed by atoms with Crippen LogP contribution in [0.4, 0.5) is 17.6 Å².